The molecule has 5 rings (SSSR count). The lowest BCUT2D eigenvalue weighted by Crippen LogP contribution is -2.67. The molecule has 0 spiro atoms. The van der Waals surface area contributed by atoms with Crippen LogP contribution in [0.1, 0.15) is 108 Å². The Morgan fingerprint density at radius 2 is 1.19 bits per heavy atom. The van der Waals surface area contributed by atoms with Crippen LogP contribution < -0.4 is 31.3 Å². The van der Waals surface area contributed by atoms with Gasteiger partial charge in [-0.05, 0) is 79.6 Å². The van der Waals surface area contributed by atoms with Gasteiger partial charge in [-0.3, -0.25) is 25.8 Å². The van der Waals surface area contributed by atoms with Gasteiger partial charge in [0.05, 0.1) is 12.3 Å². The molecule has 18 heteroatoms. The monoisotopic (exact) mass is 994 g/mol. The highest BCUT2D eigenvalue weighted by atomic mass is 28.4. The largest absolute Gasteiger partial charge is 0.472 e. The summed E-state index contributed by atoms with van der Waals surface area (Å²) in [6.45, 7) is 11.7. The molecule has 0 saturated heterocycles. The third-order valence-electron chi connectivity index (χ3n) is 11.2. The van der Waals surface area contributed by atoms with E-state index in [4.69, 9.17) is 18.6 Å². The average Bonchev–Trinajstić information content (AvgIpc) is 3.29. The van der Waals surface area contributed by atoms with Crippen molar-refractivity contribution in [1.82, 2.24) is 15.8 Å². The van der Waals surface area contributed by atoms with E-state index in [2.05, 4.69) is 55.3 Å². The molecule has 376 valence electrons. The number of ether oxygens (including phenoxy) is 3. The van der Waals surface area contributed by atoms with Gasteiger partial charge in [0.2, 0.25) is 11.5 Å². The van der Waals surface area contributed by atoms with E-state index in [-0.39, 0.29) is 24.0 Å². The van der Waals surface area contributed by atoms with Gasteiger partial charge in [-0.25, -0.2) is 9.78 Å². The second-order valence-electron chi connectivity index (χ2n) is 18.8. The quantitative estimate of drug-likeness (QED) is 0.0322. The second kappa shape index (κ2) is 23.1. The van der Waals surface area contributed by atoms with Gasteiger partial charge < -0.3 is 18.6 Å². The molecular formula is C52H60F6N4O7Si. The Morgan fingerprint density at radius 3 is 1.67 bits per heavy atom. The van der Waals surface area contributed by atoms with Crippen molar-refractivity contribution >= 4 is 42.3 Å². The molecule has 0 aliphatic rings. The molecule has 0 unspecified atom stereocenters. The molecule has 0 bridgehead atoms. The standard InChI is InChI=1S/C52H60F6N4O7Si/c1-36(69-70(49(5,6)7,39-28-18-10-19-29-39)40-30-20-11-21-31-40)23-13-12-22-32-50(52(56,57)58,67-35-38-26-16-9-17-27-38)46(64)62-61-44(63)43-42(59-47(65)68-48(2,3)4)33-41(51(53,54)55)45(60-43)66-34-37-24-14-8-15-25-37/h8-11,14-21,24-31,33,36H,12-13,22-23,32,34-35H2,1-7H3,(H,59,65)(H,61,63)(H,62,64)/t36-,50+/m0/s1. The predicted octanol–water partition coefficient (Wildman–Crippen LogP) is 11.2. The SMILES string of the molecule is C[C@@H](CCCCC[C@@](OCc1ccccc1)(C(=O)NNC(=O)c1nc(OCc2ccccc2)c(C(F)(F)F)cc1NC(=O)OC(C)(C)C)C(F)(F)F)O[Si](c1ccccc1)(c1ccccc1)C(C)(C)C. The number of amides is 3. The molecule has 70 heavy (non-hydrogen) atoms. The maximum Gasteiger partial charge on any atom is 0.426 e. The van der Waals surface area contributed by atoms with Gasteiger partial charge in [0.25, 0.3) is 20.1 Å². The van der Waals surface area contributed by atoms with E-state index in [0.717, 1.165) is 10.4 Å². The van der Waals surface area contributed by atoms with Crippen LogP contribution in [0, 0.1) is 0 Å². The van der Waals surface area contributed by atoms with Crippen LogP contribution in [0.4, 0.5) is 36.8 Å². The zero-order chi connectivity index (χ0) is 51.4. The number of carbonyl (C=O) groups excluding carboxylic acids is 3. The maximum absolute atomic E-state index is 15.5. The number of unbranched alkanes of at least 4 members (excludes halogenated alkanes) is 2. The Morgan fingerprint density at radius 1 is 0.671 bits per heavy atom. The molecule has 0 fully saturated rings. The summed E-state index contributed by atoms with van der Waals surface area (Å²) in [6, 6.07) is 36.3. The van der Waals surface area contributed by atoms with Crippen LogP contribution >= 0.6 is 0 Å². The van der Waals surface area contributed by atoms with Crippen LogP contribution in [-0.2, 0) is 38.1 Å². The number of rotatable bonds is 19. The van der Waals surface area contributed by atoms with Crippen LogP contribution in [0.15, 0.2) is 127 Å². The Labute approximate surface area is 405 Å². The molecule has 0 aliphatic heterocycles. The number of benzene rings is 4. The Bertz CT molecular complexity index is 2450. The number of hydrogen-bond donors (Lipinski definition) is 3. The van der Waals surface area contributed by atoms with Crippen molar-refractivity contribution in [1.29, 1.82) is 0 Å². The molecule has 0 aliphatic carbocycles. The van der Waals surface area contributed by atoms with Gasteiger partial charge in [-0.2, -0.15) is 26.3 Å². The second-order valence-corrected chi connectivity index (χ2v) is 23.1. The number of nitrogens with zero attached hydrogens (tertiary/aromatic N) is 1. The van der Waals surface area contributed by atoms with Gasteiger partial charge in [0, 0.05) is 6.10 Å². The lowest BCUT2D eigenvalue weighted by Gasteiger charge is -2.44. The molecule has 5 aromatic rings. The van der Waals surface area contributed by atoms with Crippen molar-refractivity contribution in [2.24, 2.45) is 0 Å². The lowest BCUT2D eigenvalue weighted by atomic mass is 9.93. The Kier molecular flexibility index (Phi) is 18.1. The summed E-state index contributed by atoms with van der Waals surface area (Å²) < 4.78 is 113. The fourth-order valence-electron chi connectivity index (χ4n) is 7.91. The summed E-state index contributed by atoms with van der Waals surface area (Å²) in [6.07, 6.45) is -12.0. The predicted molar refractivity (Wildman–Crippen MR) is 257 cm³/mol. The normalized spacial score (nSPS) is 13.7. The highest BCUT2D eigenvalue weighted by Crippen LogP contribution is 2.41. The summed E-state index contributed by atoms with van der Waals surface area (Å²) in [7, 11) is -2.94. The van der Waals surface area contributed by atoms with Crippen molar-refractivity contribution in [3.63, 3.8) is 0 Å². The topological polar surface area (TPSA) is 137 Å². The van der Waals surface area contributed by atoms with Crippen LogP contribution in [0.2, 0.25) is 5.04 Å². The lowest BCUT2D eigenvalue weighted by molar-refractivity contribution is -0.273. The molecular weight excluding hydrogens is 935 g/mol. The number of halogens is 6. The van der Waals surface area contributed by atoms with Crippen molar-refractivity contribution in [2.45, 2.75) is 128 Å². The molecule has 0 radical (unpaired) electrons. The van der Waals surface area contributed by atoms with Crippen LogP contribution in [-0.4, -0.2) is 54.7 Å². The first-order valence-electron chi connectivity index (χ1n) is 22.8. The van der Waals surface area contributed by atoms with E-state index in [9.17, 15) is 27.6 Å². The number of pyridine rings is 1. The first-order valence-corrected chi connectivity index (χ1v) is 24.7. The summed E-state index contributed by atoms with van der Waals surface area (Å²) in [5.41, 5.74) is -3.60. The fourth-order valence-corrected chi connectivity index (χ4v) is 12.6. The first-order chi connectivity index (χ1) is 32.9. The van der Waals surface area contributed by atoms with Crippen molar-refractivity contribution < 1.29 is 59.4 Å². The fraction of sp³-hybridized carbons (Fsp3) is 0.385. The van der Waals surface area contributed by atoms with E-state index in [1.54, 1.807) is 54.0 Å². The van der Waals surface area contributed by atoms with E-state index in [1.807, 2.05) is 48.7 Å². The van der Waals surface area contributed by atoms with Crippen molar-refractivity contribution in [3.8, 4) is 5.88 Å². The summed E-state index contributed by atoms with van der Waals surface area (Å²) >= 11 is 0. The van der Waals surface area contributed by atoms with E-state index in [0.29, 0.717) is 30.0 Å². The number of hydrazine groups is 1. The summed E-state index contributed by atoms with van der Waals surface area (Å²) in [4.78, 5) is 44.5. The van der Waals surface area contributed by atoms with Gasteiger partial charge in [0.15, 0.2) is 5.69 Å². The number of alkyl halides is 6. The van der Waals surface area contributed by atoms with Crippen LogP contribution in [0.5, 0.6) is 5.88 Å². The molecule has 3 amide bonds. The number of nitrogens with one attached hydrogen (secondary N) is 3. The summed E-state index contributed by atoms with van der Waals surface area (Å²) in [5.74, 6) is -4.42. The van der Waals surface area contributed by atoms with Crippen molar-refractivity contribution in [2.75, 3.05) is 5.32 Å². The minimum atomic E-state index is -5.36. The average molecular weight is 995 g/mol. The van der Waals surface area contributed by atoms with Gasteiger partial charge in [0.1, 0.15) is 17.8 Å². The van der Waals surface area contributed by atoms with E-state index < -0.39 is 92.2 Å². The Hall–Kier alpha value is -6.24. The summed E-state index contributed by atoms with van der Waals surface area (Å²) in [5, 5.41) is 3.90. The molecule has 4 aromatic carbocycles. The van der Waals surface area contributed by atoms with Crippen LogP contribution in [0.25, 0.3) is 0 Å². The molecule has 1 heterocycles. The van der Waals surface area contributed by atoms with Gasteiger partial charge in [-0.1, -0.05) is 155 Å². The molecule has 2 atom stereocenters. The van der Waals surface area contributed by atoms with E-state index in [1.165, 1.54) is 32.9 Å². The smallest absolute Gasteiger partial charge is 0.426 e. The molecule has 0 saturated carbocycles. The number of anilines is 1. The number of aromatic nitrogens is 1. The molecule has 1 aromatic heterocycles. The first kappa shape index (κ1) is 54.7. The van der Waals surface area contributed by atoms with Crippen molar-refractivity contribution in [3.05, 3.63) is 150 Å². The zero-order valence-electron chi connectivity index (χ0n) is 40.2. The highest BCUT2D eigenvalue weighted by molar-refractivity contribution is 6.99. The third kappa shape index (κ3) is 14.2. The number of hydrogen-bond acceptors (Lipinski definition) is 8. The minimum Gasteiger partial charge on any atom is -0.472 e. The molecule has 11 nitrogen and oxygen atoms in total. The van der Waals surface area contributed by atoms with Gasteiger partial charge >= 0.3 is 18.4 Å². The maximum atomic E-state index is 15.5. The Balaban J connectivity index is 1.39. The van der Waals surface area contributed by atoms with Crippen LogP contribution in [0.3, 0.4) is 0 Å². The molecule has 3 N–H and O–H groups in total. The zero-order valence-corrected chi connectivity index (χ0v) is 41.2. The highest BCUT2D eigenvalue weighted by Gasteiger charge is 2.61. The van der Waals surface area contributed by atoms with Gasteiger partial charge in [-0.15, -0.1) is 0 Å². The third-order valence-corrected chi connectivity index (χ3v) is 16.4. The minimum absolute atomic E-state index is 0.159. The number of carbonyl (C=O) groups is 3. The van der Waals surface area contributed by atoms with E-state index >= 15 is 13.2 Å².